The topological polar surface area (TPSA) is 49.0 Å². The third kappa shape index (κ3) is 2.33. The number of fused-ring (bicyclic) bond motifs is 1. The number of halogens is 2. The highest BCUT2D eigenvalue weighted by molar-refractivity contribution is 5.90. The lowest BCUT2D eigenvalue weighted by atomic mass is 10.1. The maximum atomic E-state index is 14.4. The Balaban J connectivity index is 2.45. The summed E-state index contributed by atoms with van der Waals surface area (Å²) in [6.45, 7) is 5.66. The highest BCUT2D eigenvalue weighted by Gasteiger charge is 2.22. The molecule has 0 fully saturated rings. The number of hydrogen-bond acceptors (Lipinski definition) is 2. The molecule has 24 heavy (non-hydrogen) atoms. The Labute approximate surface area is 137 Å². The Morgan fingerprint density at radius 2 is 1.92 bits per heavy atom. The smallest absolute Gasteiger partial charge is 0.202 e. The van der Waals surface area contributed by atoms with Gasteiger partial charge in [0.2, 0.25) is 5.82 Å². The van der Waals surface area contributed by atoms with E-state index in [1.54, 1.807) is 31.2 Å². The molecule has 0 bridgehead atoms. The minimum Gasteiger partial charge on any atom is -0.505 e. The van der Waals surface area contributed by atoms with Gasteiger partial charge in [-0.3, -0.25) is 0 Å². The number of phenols is 1. The molecule has 0 saturated carbocycles. The van der Waals surface area contributed by atoms with Crippen LogP contribution >= 0.6 is 0 Å². The van der Waals surface area contributed by atoms with Crippen LogP contribution in [0.1, 0.15) is 18.2 Å². The normalized spacial score (nSPS) is 10.8. The molecule has 0 aliphatic heterocycles. The van der Waals surface area contributed by atoms with Gasteiger partial charge in [0, 0.05) is 17.5 Å². The Bertz CT molecular complexity index is 1010. The predicted molar refractivity (Wildman–Crippen MR) is 88.1 cm³/mol. The van der Waals surface area contributed by atoms with Crippen molar-refractivity contribution in [2.75, 3.05) is 0 Å². The third-order valence-corrected chi connectivity index (χ3v) is 3.84. The summed E-state index contributed by atoms with van der Waals surface area (Å²) >= 11 is 0. The fraction of sp³-hybridized carbons (Fsp3) is 0.105. The van der Waals surface area contributed by atoms with E-state index in [1.807, 2.05) is 0 Å². The molecule has 3 nitrogen and oxygen atoms in total. The summed E-state index contributed by atoms with van der Waals surface area (Å²) < 4.78 is 29.8. The average molecular weight is 324 g/mol. The maximum absolute atomic E-state index is 14.4. The van der Waals surface area contributed by atoms with Crippen LogP contribution in [0, 0.1) is 23.0 Å². The van der Waals surface area contributed by atoms with Gasteiger partial charge >= 0.3 is 0 Å². The second-order valence-corrected chi connectivity index (χ2v) is 5.65. The van der Waals surface area contributed by atoms with Gasteiger partial charge < -0.3 is 9.67 Å². The third-order valence-electron chi connectivity index (χ3n) is 3.84. The molecule has 3 aromatic rings. The summed E-state index contributed by atoms with van der Waals surface area (Å²) in [6, 6.07) is 11.6. The van der Waals surface area contributed by atoms with Crippen LogP contribution in [-0.2, 0) is 6.42 Å². The van der Waals surface area contributed by atoms with Crippen molar-refractivity contribution >= 4 is 10.9 Å². The number of aromatic nitrogens is 1. The molecular formula is C19H14F2N2O. The van der Waals surface area contributed by atoms with Gasteiger partial charge in [-0.25, -0.2) is 4.39 Å². The SMILES string of the molecule is C=C(C)Cc1c(C#N)c2ccccc2n1-c1ccc(O)c(F)c1F. The molecule has 120 valence electrons. The molecule has 0 aliphatic rings. The first-order valence-electron chi connectivity index (χ1n) is 7.29. The summed E-state index contributed by atoms with van der Waals surface area (Å²) in [6.07, 6.45) is 0.347. The van der Waals surface area contributed by atoms with Gasteiger partial charge in [0.1, 0.15) is 6.07 Å². The van der Waals surface area contributed by atoms with E-state index in [9.17, 15) is 19.1 Å². The van der Waals surface area contributed by atoms with Gasteiger partial charge in [0.05, 0.1) is 16.8 Å². The number of para-hydroxylation sites is 1. The van der Waals surface area contributed by atoms with Crippen LogP contribution in [0.4, 0.5) is 8.78 Å². The lowest BCUT2D eigenvalue weighted by Crippen LogP contribution is -2.05. The zero-order valence-electron chi connectivity index (χ0n) is 13.0. The number of phenolic OH excluding ortho intramolecular Hbond substituents is 1. The van der Waals surface area contributed by atoms with Crippen LogP contribution in [0.15, 0.2) is 48.6 Å². The van der Waals surface area contributed by atoms with Crippen LogP contribution in [-0.4, -0.2) is 9.67 Å². The van der Waals surface area contributed by atoms with Crippen LogP contribution < -0.4 is 0 Å². The molecule has 0 unspecified atom stereocenters. The van der Waals surface area contributed by atoms with Crippen molar-refractivity contribution in [1.29, 1.82) is 5.26 Å². The second-order valence-electron chi connectivity index (χ2n) is 5.65. The molecule has 1 heterocycles. The first-order valence-corrected chi connectivity index (χ1v) is 7.29. The molecular weight excluding hydrogens is 310 g/mol. The van der Waals surface area contributed by atoms with Crippen molar-refractivity contribution in [3.63, 3.8) is 0 Å². The van der Waals surface area contributed by atoms with Crippen molar-refractivity contribution in [2.45, 2.75) is 13.3 Å². The molecule has 3 rings (SSSR count). The minimum absolute atomic E-state index is 0.0562. The average Bonchev–Trinajstić information content (AvgIpc) is 2.85. The van der Waals surface area contributed by atoms with E-state index in [2.05, 4.69) is 12.6 Å². The van der Waals surface area contributed by atoms with Gasteiger partial charge in [0.15, 0.2) is 11.6 Å². The van der Waals surface area contributed by atoms with E-state index in [1.165, 1.54) is 10.6 Å². The summed E-state index contributed by atoms with van der Waals surface area (Å²) in [5, 5.41) is 19.6. The number of aromatic hydroxyl groups is 1. The van der Waals surface area contributed by atoms with Gasteiger partial charge in [-0.05, 0) is 25.1 Å². The number of rotatable bonds is 3. The standard InChI is InChI=1S/C19H14F2N2O/c1-11(2)9-16-13(10-22)12-5-3-4-6-14(12)23(16)15-7-8-17(24)19(21)18(15)20/h3-8,24H,1,9H2,2H3. The van der Waals surface area contributed by atoms with Gasteiger partial charge in [-0.2, -0.15) is 9.65 Å². The molecule has 0 atom stereocenters. The zero-order chi connectivity index (χ0) is 17.4. The Hall–Kier alpha value is -3.13. The summed E-state index contributed by atoms with van der Waals surface area (Å²) in [5.74, 6) is -3.23. The summed E-state index contributed by atoms with van der Waals surface area (Å²) in [5.41, 5.74) is 2.26. The molecule has 5 heteroatoms. The van der Waals surface area contributed by atoms with Crippen LogP contribution in [0.25, 0.3) is 16.6 Å². The predicted octanol–water partition coefficient (Wildman–Crippen LogP) is 4.60. The molecule has 0 amide bonds. The summed E-state index contributed by atoms with van der Waals surface area (Å²) in [7, 11) is 0. The number of hydrogen-bond donors (Lipinski definition) is 1. The van der Waals surface area contributed by atoms with E-state index >= 15 is 0 Å². The number of benzene rings is 2. The van der Waals surface area contributed by atoms with Crippen molar-refractivity contribution < 1.29 is 13.9 Å². The van der Waals surface area contributed by atoms with Crippen LogP contribution in [0.3, 0.4) is 0 Å². The fourth-order valence-electron chi connectivity index (χ4n) is 2.85. The maximum Gasteiger partial charge on any atom is 0.202 e. The number of allylic oxidation sites excluding steroid dienone is 1. The van der Waals surface area contributed by atoms with Crippen molar-refractivity contribution in [2.24, 2.45) is 0 Å². The summed E-state index contributed by atoms with van der Waals surface area (Å²) in [4.78, 5) is 0. The molecule has 0 radical (unpaired) electrons. The molecule has 1 aromatic heterocycles. The first kappa shape index (κ1) is 15.8. The van der Waals surface area contributed by atoms with Crippen molar-refractivity contribution in [1.82, 2.24) is 4.57 Å². The monoisotopic (exact) mass is 324 g/mol. The Kier molecular flexibility index (Phi) is 3.82. The van der Waals surface area contributed by atoms with Crippen LogP contribution in [0.5, 0.6) is 5.75 Å². The van der Waals surface area contributed by atoms with E-state index in [0.29, 0.717) is 28.6 Å². The van der Waals surface area contributed by atoms with Crippen LogP contribution in [0.2, 0.25) is 0 Å². The number of nitrogens with zero attached hydrogens (tertiary/aromatic N) is 2. The molecule has 2 aromatic carbocycles. The molecule has 0 saturated heterocycles. The largest absolute Gasteiger partial charge is 0.505 e. The highest BCUT2D eigenvalue weighted by atomic mass is 19.2. The second kappa shape index (κ2) is 5.82. The quantitative estimate of drug-likeness (QED) is 0.716. The zero-order valence-corrected chi connectivity index (χ0v) is 13.0. The highest BCUT2D eigenvalue weighted by Crippen LogP contribution is 2.33. The van der Waals surface area contributed by atoms with Gasteiger partial charge in [0.25, 0.3) is 0 Å². The van der Waals surface area contributed by atoms with E-state index < -0.39 is 17.4 Å². The Morgan fingerprint density at radius 1 is 1.21 bits per heavy atom. The van der Waals surface area contributed by atoms with Gasteiger partial charge in [-0.15, -0.1) is 0 Å². The van der Waals surface area contributed by atoms with E-state index in [0.717, 1.165) is 11.6 Å². The lowest BCUT2D eigenvalue weighted by Gasteiger charge is -2.13. The van der Waals surface area contributed by atoms with E-state index in [-0.39, 0.29) is 5.69 Å². The van der Waals surface area contributed by atoms with Crippen molar-refractivity contribution in [3.05, 3.63) is 71.4 Å². The number of nitriles is 1. The molecule has 0 aliphatic carbocycles. The fourth-order valence-corrected chi connectivity index (χ4v) is 2.85. The van der Waals surface area contributed by atoms with E-state index in [4.69, 9.17) is 0 Å². The van der Waals surface area contributed by atoms with Crippen molar-refractivity contribution in [3.8, 4) is 17.5 Å². The molecule has 1 N–H and O–H groups in total. The minimum atomic E-state index is -1.31. The Morgan fingerprint density at radius 3 is 2.58 bits per heavy atom. The first-order chi connectivity index (χ1) is 11.5. The lowest BCUT2D eigenvalue weighted by molar-refractivity contribution is 0.406. The van der Waals surface area contributed by atoms with Gasteiger partial charge in [-0.1, -0.05) is 30.4 Å². The molecule has 0 spiro atoms.